The molecule has 1 atom stereocenters. The summed E-state index contributed by atoms with van der Waals surface area (Å²) in [5, 5.41) is 3.78. The largest absolute Gasteiger partial charge is 0.492 e. The third-order valence-electron chi connectivity index (χ3n) is 5.03. The minimum absolute atomic E-state index is 0.0216. The first-order valence-corrected chi connectivity index (χ1v) is 9.84. The summed E-state index contributed by atoms with van der Waals surface area (Å²) in [7, 11) is 0. The molecule has 1 saturated heterocycles. The SMILES string of the molecule is CCOc1ccccc1NC(=O)[C@@H](C)[NH+]1CCN(c2cccc(Cl)c2)CC1. The Morgan fingerprint density at radius 3 is 2.67 bits per heavy atom. The van der Waals surface area contributed by atoms with Crippen molar-refractivity contribution in [2.75, 3.05) is 43.0 Å². The number of carbonyl (C=O) groups is 1. The fourth-order valence-electron chi connectivity index (χ4n) is 3.44. The van der Waals surface area contributed by atoms with Crippen LogP contribution in [0.1, 0.15) is 13.8 Å². The van der Waals surface area contributed by atoms with Gasteiger partial charge in [-0.15, -0.1) is 0 Å². The summed E-state index contributed by atoms with van der Waals surface area (Å²) in [4.78, 5) is 16.4. The standard InChI is InChI=1S/C21H26ClN3O2/c1-3-27-20-10-5-4-9-19(20)23-21(26)16(2)24-11-13-25(14-12-24)18-8-6-7-17(22)15-18/h4-10,15-16H,3,11-14H2,1-2H3,(H,23,26)/p+1/t16-/m1/s1. The molecule has 0 unspecified atom stereocenters. The maximum Gasteiger partial charge on any atom is 0.282 e. The van der Waals surface area contributed by atoms with E-state index in [2.05, 4.69) is 16.3 Å². The van der Waals surface area contributed by atoms with Crippen LogP contribution in [0.5, 0.6) is 5.75 Å². The van der Waals surface area contributed by atoms with Gasteiger partial charge in [0.05, 0.1) is 38.5 Å². The summed E-state index contributed by atoms with van der Waals surface area (Å²) >= 11 is 6.10. The number of ether oxygens (including phenoxy) is 1. The summed E-state index contributed by atoms with van der Waals surface area (Å²) in [6.45, 7) is 8.13. The van der Waals surface area contributed by atoms with Crippen LogP contribution in [0.3, 0.4) is 0 Å². The van der Waals surface area contributed by atoms with E-state index in [1.165, 1.54) is 4.90 Å². The molecule has 2 N–H and O–H groups in total. The normalized spacial score (nSPS) is 16.0. The number of benzene rings is 2. The number of para-hydroxylation sites is 2. The second-order valence-electron chi connectivity index (χ2n) is 6.77. The molecule has 0 aromatic heterocycles. The number of anilines is 2. The zero-order valence-electron chi connectivity index (χ0n) is 15.9. The number of halogens is 1. The minimum Gasteiger partial charge on any atom is -0.492 e. The van der Waals surface area contributed by atoms with Crippen molar-refractivity contribution in [1.82, 2.24) is 0 Å². The maximum absolute atomic E-state index is 12.7. The first-order chi connectivity index (χ1) is 13.1. The van der Waals surface area contributed by atoms with Crippen LogP contribution >= 0.6 is 11.6 Å². The van der Waals surface area contributed by atoms with E-state index < -0.39 is 0 Å². The molecule has 27 heavy (non-hydrogen) atoms. The van der Waals surface area contributed by atoms with Gasteiger partial charge in [0.1, 0.15) is 5.75 Å². The third-order valence-corrected chi connectivity index (χ3v) is 5.26. The first-order valence-electron chi connectivity index (χ1n) is 9.46. The van der Waals surface area contributed by atoms with Crippen LogP contribution in [0.25, 0.3) is 0 Å². The average molecular weight is 389 g/mol. The number of piperazine rings is 1. The van der Waals surface area contributed by atoms with Crippen molar-refractivity contribution in [2.24, 2.45) is 0 Å². The molecule has 6 heteroatoms. The van der Waals surface area contributed by atoms with E-state index in [0.717, 1.165) is 42.6 Å². The Hall–Kier alpha value is -2.24. The zero-order valence-corrected chi connectivity index (χ0v) is 16.6. The van der Waals surface area contributed by atoms with E-state index in [-0.39, 0.29) is 11.9 Å². The van der Waals surface area contributed by atoms with Crippen molar-refractivity contribution in [3.8, 4) is 5.75 Å². The molecule has 0 bridgehead atoms. The summed E-state index contributed by atoms with van der Waals surface area (Å²) in [5.74, 6) is 0.731. The molecule has 0 saturated carbocycles. The van der Waals surface area contributed by atoms with E-state index in [9.17, 15) is 4.79 Å². The summed E-state index contributed by atoms with van der Waals surface area (Å²) in [5.41, 5.74) is 1.87. The first kappa shape index (κ1) is 19.5. The number of hydrogen-bond acceptors (Lipinski definition) is 3. The Balaban J connectivity index is 1.57. The molecule has 0 radical (unpaired) electrons. The number of carbonyl (C=O) groups excluding carboxylic acids is 1. The lowest BCUT2D eigenvalue weighted by atomic mass is 10.2. The predicted octanol–water partition coefficient (Wildman–Crippen LogP) is 2.47. The molecule has 1 aliphatic rings. The van der Waals surface area contributed by atoms with Gasteiger partial charge >= 0.3 is 0 Å². The molecular weight excluding hydrogens is 362 g/mol. The summed E-state index contributed by atoms with van der Waals surface area (Å²) in [6.07, 6.45) is 0. The Labute approximate surface area is 165 Å². The molecule has 0 aliphatic carbocycles. The molecule has 0 spiro atoms. The van der Waals surface area contributed by atoms with Crippen LogP contribution in [0.4, 0.5) is 11.4 Å². The minimum atomic E-state index is -0.124. The molecule has 1 fully saturated rings. The number of quaternary nitrogens is 1. The fourth-order valence-corrected chi connectivity index (χ4v) is 3.62. The lowest BCUT2D eigenvalue weighted by molar-refractivity contribution is -0.914. The maximum atomic E-state index is 12.7. The topological polar surface area (TPSA) is 46.0 Å². The Bertz CT molecular complexity index is 776. The second kappa shape index (κ2) is 9.11. The van der Waals surface area contributed by atoms with Crippen molar-refractivity contribution in [2.45, 2.75) is 19.9 Å². The van der Waals surface area contributed by atoms with Gasteiger partial charge in [-0.3, -0.25) is 4.79 Å². The van der Waals surface area contributed by atoms with Gasteiger partial charge in [-0.1, -0.05) is 29.8 Å². The van der Waals surface area contributed by atoms with E-state index in [0.29, 0.717) is 12.4 Å². The highest BCUT2D eigenvalue weighted by molar-refractivity contribution is 6.30. The van der Waals surface area contributed by atoms with Crippen molar-refractivity contribution < 1.29 is 14.4 Å². The zero-order chi connectivity index (χ0) is 19.2. The highest BCUT2D eigenvalue weighted by atomic mass is 35.5. The van der Waals surface area contributed by atoms with Crippen molar-refractivity contribution in [3.63, 3.8) is 0 Å². The van der Waals surface area contributed by atoms with Gasteiger partial charge in [0.25, 0.3) is 5.91 Å². The number of nitrogens with one attached hydrogen (secondary N) is 2. The highest BCUT2D eigenvalue weighted by Crippen LogP contribution is 2.23. The smallest absolute Gasteiger partial charge is 0.282 e. The van der Waals surface area contributed by atoms with Crippen molar-refractivity contribution in [1.29, 1.82) is 0 Å². The van der Waals surface area contributed by atoms with E-state index >= 15 is 0 Å². The lowest BCUT2D eigenvalue weighted by Crippen LogP contribution is -3.19. The average Bonchev–Trinajstić information content (AvgIpc) is 2.69. The van der Waals surface area contributed by atoms with Crippen LogP contribution in [0.15, 0.2) is 48.5 Å². The van der Waals surface area contributed by atoms with Crippen molar-refractivity contribution >= 4 is 28.9 Å². The van der Waals surface area contributed by atoms with Crippen LogP contribution in [0, 0.1) is 0 Å². The van der Waals surface area contributed by atoms with Gasteiger partial charge in [0.15, 0.2) is 6.04 Å². The Kier molecular flexibility index (Phi) is 6.58. The van der Waals surface area contributed by atoms with Crippen LogP contribution in [0.2, 0.25) is 5.02 Å². The van der Waals surface area contributed by atoms with Gasteiger partial charge in [0, 0.05) is 10.7 Å². The molecule has 3 rings (SSSR count). The number of amides is 1. The van der Waals surface area contributed by atoms with Gasteiger partial charge < -0.3 is 19.9 Å². The fraction of sp³-hybridized carbons (Fsp3) is 0.381. The molecule has 1 aliphatic heterocycles. The number of nitrogens with zero attached hydrogens (tertiary/aromatic N) is 1. The van der Waals surface area contributed by atoms with E-state index in [4.69, 9.17) is 16.3 Å². The molecule has 144 valence electrons. The molecule has 2 aromatic carbocycles. The molecular formula is C21H27ClN3O2+. The Morgan fingerprint density at radius 2 is 1.96 bits per heavy atom. The van der Waals surface area contributed by atoms with Gasteiger partial charge in [-0.2, -0.15) is 0 Å². The molecule has 2 aromatic rings. The van der Waals surface area contributed by atoms with Gasteiger partial charge in [-0.25, -0.2) is 0 Å². The van der Waals surface area contributed by atoms with Crippen molar-refractivity contribution in [3.05, 3.63) is 53.6 Å². The van der Waals surface area contributed by atoms with E-state index in [1.54, 1.807) is 0 Å². The highest BCUT2D eigenvalue weighted by Gasteiger charge is 2.29. The molecule has 1 heterocycles. The number of hydrogen-bond donors (Lipinski definition) is 2. The van der Waals surface area contributed by atoms with Crippen LogP contribution < -0.4 is 19.9 Å². The quantitative estimate of drug-likeness (QED) is 0.799. The number of rotatable bonds is 6. The molecule has 1 amide bonds. The summed E-state index contributed by atoms with van der Waals surface area (Å²) in [6, 6.07) is 15.4. The van der Waals surface area contributed by atoms with Gasteiger partial charge in [-0.05, 0) is 44.2 Å². The Morgan fingerprint density at radius 1 is 1.22 bits per heavy atom. The lowest BCUT2D eigenvalue weighted by Gasteiger charge is -2.36. The van der Waals surface area contributed by atoms with Crippen LogP contribution in [-0.2, 0) is 4.79 Å². The van der Waals surface area contributed by atoms with Crippen LogP contribution in [-0.4, -0.2) is 44.7 Å². The summed E-state index contributed by atoms with van der Waals surface area (Å²) < 4.78 is 5.60. The van der Waals surface area contributed by atoms with E-state index in [1.807, 2.05) is 56.3 Å². The van der Waals surface area contributed by atoms with Gasteiger partial charge in [0.2, 0.25) is 0 Å². The molecule has 5 nitrogen and oxygen atoms in total. The predicted molar refractivity (Wildman–Crippen MR) is 110 cm³/mol. The second-order valence-corrected chi connectivity index (χ2v) is 7.20. The third kappa shape index (κ3) is 4.93. The monoisotopic (exact) mass is 388 g/mol.